The molecule has 5 heteroatoms. The van der Waals surface area contributed by atoms with Gasteiger partial charge in [0, 0.05) is 29.7 Å². The van der Waals surface area contributed by atoms with Gasteiger partial charge in [-0.1, -0.05) is 28.4 Å². The summed E-state index contributed by atoms with van der Waals surface area (Å²) in [6.07, 6.45) is 2.91. The smallest absolute Gasteiger partial charge is 0.311 e. The van der Waals surface area contributed by atoms with E-state index in [1.54, 1.807) is 7.11 Å². The second-order valence-electron chi connectivity index (χ2n) is 6.18. The van der Waals surface area contributed by atoms with Gasteiger partial charge >= 0.3 is 5.97 Å². The van der Waals surface area contributed by atoms with Gasteiger partial charge in [-0.25, -0.2) is 0 Å². The maximum atomic E-state index is 11.7. The molecule has 1 aliphatic carbocycles. The summed E-state index contributed by atoms with van der Waals surface area (Å²) in [7, 11) is 1.67. The highest BCUT2D eigenvalue weighted by molar-refractivity contribution is 9.10. The van der Waals surface area contributed by atoms with Crippen molar-refractivity contribution in [1.82, 2.24) is 4.90 Å². The molecule has 0 radical (unpaired) electrons. The van der Waals surface area contributed by atoms with Crippen LogP contribution < -0.4 is 4.74 Å². The first-order valence-electron chi connectivity index (χ1n) is 7.33. The molecule has 114 valence electrons. The van der Waals surface area contributed by atoms with E-state index in [1.807, 2.05) is 18.2 Å². The van der Waals surface area contributed by atoms with Gasteiger partial charge in [-0.05, 0) is 30.9 Å². The Morgan fingerprint density at radius 1 is 1.57 bits per heavy atom. The van der Waals surface area contributed by atoms with Gasteiger partial charge in [0.25, 0.3) is 0 Å². The third kappa shape index (κ3) is 2.57. The number of hydrogen-bond donors (Lipinski definition) is 1. The Kier molecular flexibility index (Phi) is 3.97. The summed E-state index contributed by atoms with van der Waals surface area (Å²) in [5.74, 6) is 0.539. The van der Waals surface area contributed by atoms with Crippen LogP contribution in [0.4, 0.5) is 0 Å². The zero-order valence-electron chi connectivity index (χ0n) is 12.1. The Hall–Kier alpha value is -1.07. The highest BCUT2D eigenvalue weighted by Gasteiger charge is 2.54. The van der Waals surface area contributed by atoms with Crippen LogP contribution in [0.2, 0.25) is 0 Å². The van der Waals surface area contributed by atoms with Gasteiger partial charge in [0.05, 0.1) is 12.5 Å². The number of carboxylic acids is 1. The Balaban J connectivity index is 1.77. The summed E-state index contributed by atoms with van der Waals surface area (Å²) < 4.78 is 6.42. The van der Waals surface area contributed by atoms with Crippen molar-refractivity contribution < 1.29 is 14.6 Å². The van der Waals surface area contributed by atoms with Crippen LogP contribution in [0.25, 0.3) is 0 Å². The van der Waals surface area contributed by atoms with Gasteiger partial charge < -0.3 is 9.84 Å². The van der Waals surface area contributed by atoms with Gasteiger partial charge in [-0.3, -0.25) is 9.69 Å². The van der Waals surface area contributed by atoms with E-state index in [2.05, 4.69) is 20.8 Å². The minimum absolute atomic E-state index is 0.302. The molecule has 3 rings (SSSR count). The fraction of sp³-hybridized carbons (Fsp3) is 0.562. The number of halogens is 1. The van der Waals surface area contributed by atoms with Crippen LogP contribution >= 0.6 is 15.9 Å². The topological polar surface area (TPSA) is 49.8 Å². The predicted molar refractivity (Wildman–Crippen MR) is 83.4 cm³/mol. The van der Waals surface area contributed by atoms with Crippen LogP contribution in [0.1, 0.15) is 24.8 Å². The van der Waals surface area contributed by atoms with E-state index in [0.29, 0.717) is 12.5 Å². The lowest BCUT2D eigenvalue weighted by Crippen LogP contribution is -2.35. The van der Waals surface area contributed by atoms with E-state index in [9.17, 15) is 9.90 Å². The van der Waals surface area contributed by atoms with E-state index in [0.717, 1.165) is 48.1 Å². The third-order valence-corrected chi connectivity index (χ3v) is 5.50. The molecule has 1 aliphatic heterocycles. The van der Waals surface area contributed by atoms with Crippen molar-refractivity contribution in [1.29, 1.82) is 0 Å². The van der Waals surface area contributed by atoms with Crippen LogP contribution in [0.5, 0.6) is 5.75 Å². The molecule has 0 spiro atoms. The lowest BCUT2D eigenvalue weighted by atomic mass is 9.81. The second-order valence-corrected chi connectivity index (χ2v) is 7.09. The van der Waals surface area contributed by atoms with Gasteiger partial charge in [0.15, 0.2) is 0 Å². The zero-order valence-corrected chi connectivity index (χ0v) is 13.7. The van der Waals surface area contributed by atoms with E-state index >= 15 is 0 Å². The molecule has 1 N–H and O–H groups in total. The molecule has 1 heterocycles. The quantitative estimate of drug-likeness (QED) is 0.903. The fourth-order valence-corrected chi connectivity index (χ4v) is 4.29. The van der Waals surface area contributed by atoms with Crippen LogP contribution in [-0.2, 0) is 11.3 Å². The van der Waals surface area contributed by atoms with Gasteiger partial charge in [0.2, 0.25) is 0 Å². The molecule has 1 saturated carbocycles. The molecule has 1 aromatic carbocycles. The SMILES string of the molecule is COc1cc(Br)ccc1CN1C[C@@H]2CCC[C@@]2(C(=O)O)C1. The number of likely N-dealkylation sites (tertiary alicyclic amines) is 1. The van der Waals surface area contributed by atoms with Crippen molar-refractivity contribution in [3.05, 3.63) is 28.2 Å². The van der Waals surface area contributed by atoms with E-state index < -0.39 is 11.4 Å². The number of carbonyl (C=O) groups is 1. The lowest BCUT2D eigenvalue weighted by Gasteiger charge is -2.23. The van der Waals surface area contributed by atoms with Crippen LogP contribution in [0.3, 0.4) is 0 Å². The number of ether oxygens (including phenoxy) is 1. The number of aliphatic carboxylic acids is 1. The Morgan fingerprint density at radius 3 is 3.05 bits per heavy atom. The predicted octanol–water partition coefficient (Wildman–Crippen LogP) is 3.14. The van der Waals surface area contributed by atoms with Gasteiger partial charge in [-0.2, -0.15) is 0 Å². The number of benzene rings is 1. The standard InChI is InChI=1S/C16H20BrNO3/c1-21-14-7-13(17)5-4-11(14)8-18-9-12-3-2-6-16(12,10-18)15(19)20/h4-5,7,12H,2-3,6,8-10H2,1H3,(H,19,20)/t12-,16+/m0/s1. The summed E-state index contributed by atoms with van der Waals surface area (Å²) in [5.41, 5.74) is 0.601. The maximum absolute atomic E-state index is 11.7. The first-order valence-corrected chi connectivity index (χ1v) is 8.12. The second kappa shape index (κ2) is 5.61. The maximum Gasteiger partial charge on any atom is 0.311 e. The van der Waals surface area contributed by atoms with Gasteiger partial charge in [0.1, 0.15) is 5.75 Å². The highest BCUT2D eigenvalue weighted by atomic mass is 79.9. The molecule has 0 amide bonds. The van der Waals surface area contributed by atoms with Crippen molar-refractivity contribution in [3.63, 3.8) is 0 Å². The van der Waals surface area contributed by atoms with E-state index in [1.165, 1.54) is 0 Å². The molecule has 0 bridgehead atoms. The summed E-state index contributed by atoms with van der Waals surface area (Å²) in [6.45, 7) is 2.29. The molecule has 2 fully saturated rings. The van der Waals surface area contributed by atoms with E-state index in [4.69, 9.17) is 4.74 Å². The molecular formula is C16H20BrNO3. The van der Waals surface area contributed by atoms with Crippen molar-refractivity contribution in [2.24, 2.45) is 11.3 Å². The van der Waals surface area contributed by atoms with Crippen LogP contribution in [-0.4, -0.2) is 36.2 Å². The summed E-state index contributed by atoms with van der Waals surface area (Å²) in [5, 5.41) is 9.64. The van der Waals surface area contributed by atoms with Crippen molar-refractivity contribution in [2.45, 2.75) is 25.8 Å². The van der Waals surface area contributed by atoms with Crippen molar-refractivity contribution in [3.8, 4) is 5.75 Å². The average Bonchev–Trinajstić information content (AvgIpc) is 2.98. The fourth-order valence-electron chi connectivity index (χ4n) is 3.95. The minimum Gasteiger partial charge on any atom is -0.496 e. The van der Waals surface area contributed by atoms with Gasteiger partial charge in [-0.15, -0.1) is 0 Å². The highest BCUT2D eigenvalue weighted by Crippen LogP contribution is 2.49. The van der Waals surface area contributed by atoms with Crippen molar-refractivity contribution in [2.75, 3.05) is 20.2 Å². The van der Waals surface area contributed by atoms with E-state index in [-0.39, 0.29) is 0 Å². The summed E-state index contributed by atoms with van der Waals surface area (Å²) in [4.78, 5) is 14.0. The number of fused-ring (bicyclic) bond motifs is 1. The third-order valence-electron chi connectivity index (χ3n) is 5.01. The summed E-state index contributed by atoms with van der Waals surface area (Å²) in [6, 6.07) is 6.01. The number of rotatable bonds is 4. The number of methoxy groups -OCH3 is 1. The molecule has 0 aromatic heterocycles. The number of hydrogen-bond acceptors (Lipinski definition) is 3. The minimum atomic E-state index is -0.615. The monoisotopic (exact) mass is 353 g/mol. The van der Waals surface area contributed by atoms with Crippen LogP contribution in [0, 0.1) is 11.3 Å². The molecule has 4 nitrogen and oxygen atoms in total. The molecule has 0 unspecified atom stereocenters. The Bertz CT molecular complexity index is 562. The van der Waals surface area contributed by atoms with Crippen LogP contribution in [0.15, 0.2) is 22.7 Å². The first-order chi connectivity index (χ1) is 10.0. The number of nitrogens with zero attached hydrogens (tertiary/aromatic N) is 1. The molecule has 21 heavy (non-hydrogen) atoms. The largest absolute Gasteiger partial charge is 0.496 e. The zero-order chi connectivity index (χ0) is 15.0. The summed E-state index contributed by atoms with van der Waals surface area (Å²) >= 11 is 3.45. The first kappa shape index (κ1) is 14.9. The number of carboxylic acid groups (broad SMARTS) is 1. The molecule has 2 aliphatic rings. The normalized spacial score (nSPS) is 28.6. The Morgan fingerprint density at radius 2 is 2.38 bits per heavy atom. The molecule has 1 aromatic rings. The molecule has 1 saturated heterocycles. The van der Waals surface area contributed by atoms with Crippen molar-refractivity contribution >= 4 is 21.9 Å². The molecule has 2 atom stereocenters. The average molecular weight is 354 g/mol. The molecular weight excluding hydrogens is 334 g/mol. The Labute approximate surface area is 133 Å². The lowest BCUT2D eigenvalue weighted by molar-refractivity contribution is -0.149.